The molecule has 0 fully saturated rings. The Bertz CT molecular complexity index is 360. The van der Waals surface area contributed by atoms with E-state index in [4.69, 9.17) is 5.26 Å². The van der Waals surface area contributed by atoms with Crippen molar-refractivity contribution in [1.29, 1.82) is 5.26 Å². The first kappa shape index (κ1) is 11.0. The van der Waals surface area contributed by atoms with Crippen LogP contribution in [0.2, 0.25) is 0 Å². The predicted molar refractivity (Wildman–Crippen MR) is 57.4 cm³/mol. The highest BCUT2D eigenvalue weighted by Crippen LogP contribution is 2.23. The molecule has 1 aromatic rings. The van der Waals surface area contributed by atoms with Crippen molar-refractivity contribution in [3.05, 3.63) is 28.5 Å². The second kappa shape index (κ2) is 4.97. The zero-order chi connectivity index (χ0) is 10.6. The fourth-order valence-corrected chi connectivity index (χ4v) is 1.33. The van der Waals surface area contributed by atoms with Gasteiger partial charge in [0.15, 0.2) is 0 Å². The van der Waals surface area contributed by atoms with E-state index in [0.29, 0.717) is 12.2 Å². The van der Waals surface area contributed by atoms with E-state index in [2.05, 4.69) is 27.3 Å². The van der Waals surface area contributed by atoms with Gasteiger partial charge in [0.05, 0.1) is 17.7 Å². The molecule has 0 radical (unpaired) electrons. The van der Waals surface area contributed by atoms with Crippen molar-refractivity contribution < 1.29 is 4.39 Å². The van der Waals surface area contributed by atoms with Gasteiger partial charge in [0.2, 0.25) is 0 Å². The van der Waals surface area contributed by atoms with Gasteiger partial charge in [-0.15, -0.1) is 0 Å². The van der Waals surface area contributed by atoms with Gasteiger partial charge in [-0.25, -0.2) is 4.39 Å². The average Bonchev–Trinajstić information content (AvgIpc) is 2.19. The Morgan fingerprint density at radius 2 is 2.36 bits per heavy atom. The van der Waals surface area contributed by atoms with Crippen molar-refractivity contribution in [2.24, 2.45) is 5.92 Å². The molecular formula is C10H10BrFN2. The van der Waals surface area contributed by atoms with Crippen LogP contribution >= 0.6 is 15.9 Å². The van der Waals surface area contributed by atoms with E-state index in [-0.39, 0.29) is 11.7 Å². The number of nitrogens with zero attached hydrogens (tertiary/aromatic N) is 1. The summed E-state index contributed by atoms with van der Waals surface area (Å²) in [5.74, 6) is -0.384. The number of benzene rings is 1. The van der Waals surface area contributed by atoms with Crippen molar-refractivity contribution in [2.45, 2.75) is 6.92 Å². The normalized spacial score (nSPS) is 11.9. The zero-order valence-electron chi connectivity index (χ0n) is 7.72. The van der Waals surface area contributed by atoms with Crippen molar-refractivity contribution in [1.82, 2.24) is 0 Å². The summed E-state index contributed by atoms with van der Waals surface area (Å²) in [5, 5.41) is 11.6. The van der Waals surface area contributed by atoms with Crippen LogP contribution in [0.4, 0.5) is 10.1 Å². The van der Waals surface area contributed by atoms with E-state index in [1.165, 1.54) is 12.1 Å². The maximum Gasteiger partial charge on any atom is 0.125 e. The summed E-state index contributed by atoms with van der Waals surface area (Å²) >= 11 is 3.29. The van der Waals surface area contributed by atoms with Gasteiger partial charge < -0.3 is 5.32 Å². The Labute approximate surface area is 90.9 Å². The van der Waals surface area contributed by atoms with Crippen LogP contribution in [0, 0.1) is 23.1 Å². The molecule has 14 heavy (non-hydrogen) atoms. The van der Waals surface area contributed by atoms with Gasteiger partial charge in [0.1, 0.15) is 5.82 Å². The number of hydrogen-bond acceptors (Lipinski definition) is 2. The quantitative estimate of drug-likeness (QED) is 0.902. The number of nitrogens with one attached hydrogen (secondary N) is 1. The first-order chi connectivity index (χ1) is 6.63. The molecule has 0 heterocycles. The molecule has 0 amide bonds. The third-order valence-electron chi connectivity index (χ3n) is 1.75. The van der Waals surface area contributed by atoms with Crippen LogP contribution < -0.4 is 5.32 Å². The lowest BCUT2D eigenvalue weighted by molar-refractivity contribution is 0.627. The highest BCUT2D eigenvalue weighted by molar-refractivity contribution is 9.10. The monoisotopic (exact) mass is 256 g/mol. The van der Waals surface area contributed by atoms with E-state index in [0.717, 1.165) is 4.47 Å². The standard InChI is InChI=1S/C10H10BrFN2/c1-7(5-13)6-14-10-4-8(12)2-3-9(10)11/h2-4,7,14H,6H2,1H3. The third kappa shape index (κ3) is 3.00. The van der Waals surface area contributed by atoms with Crippen molar-refractivity contribution in [3.63, 3.8) is 0 Å². The minimum atomic E-state index is -0.291. The number of halogens is 2. The molecule has 0 aliphatic heterocycles. The van der Waals surface area contributed by atoms with Crippen molar-refractivity contribution in [3.8, 4) is 6.07 Å². The fraction of sp³-hybridized carbons (Fsp3) is 0.300. The number of nitriles is 1. The Balaban J connectivity index is 2.67. The van der Waals surface area contributed by atoms with Gasteiger partial charge in [-0.3, -0.25) is 0 Å². The van der Waals surface area contributed by atoms with Crippen LogP contribution in [0.5, 0.6) is 0 Å². The van der Waals surface area contributed by atoms with E-state index in [1.807, 2.05) is 0 Å². The second-order valence-electron chi connectivity index (χ2n) is 3.04. The highest BCUT2D eigenvalue weighted by Gasteiger charge is 2.03. The molecule has 0 aromatic heterocycles. The van der Waals surface area contributed by atoms with Crippen LogP contribution in [0.3, 0.4) is 0 Å². The lowest BCUT2D eigenvalue weighted by Crippen LogP contribution is -2.09. The van der Waals surface area contributed by atoms with Crippen LogP contribution in [-0.4, -0.2) is 6.54 Å². The fourth-order valence-electron chi connectivity index (χ4n) is 0.942. The molecule has 1 aromatic carbocycles. The van der Waals surface area contributed by atoms with Crippen LogP contribution in [0.25, 0.3) is 0 Å². The Morgan fingerprint density at radius 1 is 1.64 bits per heavy atom. The largest absolute Gasteiger partial charge is 0.383 e. The molecule has 0 spiro atoms. The van der Waals surface area contributed by atoms with Crippen LogP contribution in [0.1, 0.15) is 6.92 Å². The molecule has 4 heteroatoms. The van der Waals surface area contributed by atoms with Crippen LogP contribution in [-0.2, 0) is 0 Å². The highest BCUT2D eigenvalue weighted by atomic mass is 79.9. The van der Waals surface area contributed by atoms with Crippen LogP contribution in [0.15, 0.2) is 22.7 Å². The predicted octanol–water partition coefficient (Wildman–Crippen LogP) is 3.16. The minimum Gasteiger partial charge on any atom is -0.383 e. The number of anilines is 1. The molecule has 0 aliphatic rings. The summed E-state index contributed by atoms with van der Waals surface area (Å²) in [5.41, 5.74) is 0.673. The van der Waals surface area contributed by atoms with Crippen molar-refractivity contribution in [2.75, 3.05) is 11.9 Å². The van der Waals surface area contributed by atoms with E-state index < -0.39 is 0 Å². The smallest absolute Gasteiger partial charge is 0.125 e. The van der Waals surface area contributed by atoms with Gasteiger partial charge in [0.25, 0.3) is 0 Å². The topological polar surface area (TPSA) is 35.8 Å². The SMILES string of the molecule is CC(C#N)CNc1cc(F)ccc1Br. The summed E-state index contributed by atoms with van der Waals surface area (Å²) in [6, 6.07) is 6.51. The third-order valence-corrected chi connectivity index (χ3v) is 2.44. The number of hydrogen-bond donors (Lipinski definition) is 1. The Morgan fingerprint density at radius 3 is 3.00 bits per heavy atom. The van der Waals surface area contributed by atoms with Gasteiger partial charge in [-0.05, 0) is 41.1 Å². The Hall–Kier alpha value is -1.08. The van der Waals surface area contributed by atoms with E-state index >= 15 is 0 Å². The second-order valence-corrected chi connectivity index (χ2v) is 3.89. The molecule has 0 saturated heterocycles. The molecular weight excluding hydrogens is 247 g/mol. The zero-order valence-corrected chi connectivity index (χ0v) is 9.31. The van der Waals surface area contributed by atoms with Gasteiger partial charge >= 0.3 is 0 Å². The summed E-state index contributed by atoms with van der Waals surface area (Å²) in [6.07, 6.45) is 0. The van der Waals surface area contributed by atoms with E-state index in [1.54, 1.807) is 13.0 Å². The molecule has 1 unspecified atom stereocenters. The molecule has 1 N–H and O–H groups in total. The minimum absolute atomic E-state index is 0.0924. The number of rotatable bonds is 3. The molecule has 0 bridgehead atoms. The lowest BCUT2D eigenvalue weighted by atomic mass is 10.2. The summed E-state index contributed by atoms with van der Waals surface area (Å²) in [7, 11) is 0. The maximum atomic E-state index is 12.8. The van der Waals surface area contributed by atoms with Gasteiger partial charge in [-0.2, -0.15) is 5.26 Å². The first-order valence-electron chi connectivity index (χ1n) is 4.22. The molecule has 1 rings (SSSR count). The molecule has 0 saturated carbocycles. The molecule has 1 atom stereocenters. The molecule has 74 valence electrons. The lowest BCUT2D eigenvalue weighted by Gasteiger charge is -2.09. The summed E-state index contributed by atoms with van der Waals surface area (Å²) in [6.45, 7) is 2.32. The summed E-state index contributed by atoms with van der Waals surface area (Å²) in [4.78, 5) is 0. The first-order valence-corrected chi connectivity index (χ1v) is 5.01. The summed E-state index contributed by atoms with van der Waals surface area (Å²) < 4.78 is 13.6. The maximum absolute atomic E-state index is 12.8. The molecule has 0 aliphatic carbocycles. The Kier molecular flexibility index (Phi) is 3.90. The van der Waals surface area contributed by atoms with Crippen molar-refractivity contribution >= 4 is 21.6 Å². The van der Waals surface area contributed by atoms with Gasteiger partial charge in [0, 0.05) is 11.0 Å². The average molecular weight is 257 g/mol. The van der Waals surface area contributed by atoms with Gasteiger partial charge in [-0.1, -0.05) is 0 Å². The molecule has 2 nitrogen and oxygen atoms in total. The van der Waals surface area contributed by atoms with E-state index in [9.17, 15) is 4.39 Å².